The van der Waals surface area contributed by atoms with Crippen molar-refractivity contribution in [3.63, 3.8) is 0 Å². The molecule has 1 aliphatic rings. The molecule has 70 heavy (non-hydrogen) atoms. The first-order chi connectivity index (χ1) is 34.7. The molecular weight excluding hydrogens is 851 g/mol. The number of furan rings is 2. The zero-order valence-electron chi connectivity index (χ0n) is 38.1. The minimum Gasteiger partial charge on any atom is -0.456 e. The van der Waals surface area contributed by atoms with Gasteiger partial charge in [0.25, 0.3) is 0 Å². The van der Waals surface area contributed by atoms with Gasteiger partial charge in [0.2, 0.25) is 0 Å². The Morgan fingerprint density at radius 2 is 0.771 bits per heavy atom. The third-order valence-corrected chi connectivity index (χ3v) is 14.6. The van der Waals surface area contributed by atoms with E-state index in [4.69, 9.17) is 8.83 Å². The Balaban J connectivity index is 0.904. The van der Waals surface area contributed by atoms with Crippen molar-refractivity contribution in [2.24, 2.45) is 0 Å². The minimum atomic E-state index is -0.528. The zero-order valence-corrected chi connectivity index (χ0v) is 38.1. The molecule has 0 radical (unpaired) electrons. The summed E-state index contributed by atoms with van der Waals surface area (Å²) in [6.07, 6.45) is 0. The van der Waals surface area contributed by atoms with Crippen LogP contribution in [0.4, 0.5) is 17.1 Å². The predicted molar refractivity (Wildman–Crippen MR) is 289 cm³/mol. The van der Waals surface area contributed by atoms with Crippen molar-refractivity contribution in [2.75, 3.05) is 4.90 Å². The Kier molecular flexibility index (Phi) is 9.11. The van der Waals surface area contributed by atoms with Gasteiger partial charge < -0.3 is 13.7 Å². The van der Waals surface area contributed by atoms with E-state index in [9.17, 15) is 0 Å². The molecule has 1 aliphatic carbocycles. The number of hydrogen-bond acceptors (Lipinski definition) is 3. The average Bonchev–Trinajstić information content (AvgIpc) is 4.11. The smallest absolute Gasteiger partial charge is 0.143 e. The van der Waals surface area contributed by atoms with Crippen molar-refractivity contribution < 1.29 is 8.83 Å². The summed E-state index contributed by atoms with van der Waals surface area (Å²) in [7, 11) is 0. The minimum absolute atomic E-state index is 0.528. The van der Waals surface area contributed by atoms with Crippen molar-refractivity contribution in [2.45, 2.75) is 5.41 Å². The number of para-hydroxylation sites is 3. The molecule has 3 heteroatoms. The van der Waals surface area contributed by atoms with E-state index in [0.717, 1.165) is 88.8 Å². The van der Waals surface area contributed by atoms with Crippen LogP contribution in [0.5, 0.6) is 0 Å². The second-order valence-corrected chi connectivity index (χ2v) is 18.3. The van der Waals surface area contributed by atoms with Gasteiger partial charge in [-0.15, -0.1) is 0 Å². The molecule has 2 heterocycles. The van der Waals surface area contributed by atoms with Crippen molar-refractivity contribution in [1.29, 1.82) is 0 Å². The monoisotopic (exact) mass is 893 g/mol. The SMILES string of the molecule is c1ccc(C2(c3ccccc3)c3ccccc3-c3c(N(c4ccc(-c5ccc(-c6ccc7oc8ccccc8c7c6)cc5)cc4)c4ccc(-c5cccc6c5oc5ccccc56)cc4)cccc32)cc1. The predicted octanol–water partition coefficient (Wildman–Crippen LogP) is 18.3. The largest absolute Gasteiger partial charge is 0.456 e. The van der Waals surface area contributed by atoms with Crippen molar-refractivity contribution in [3.05, 3.63) is 283 Å². The van der Waals surface area contributed by atoms with Crippen LogP contribution in [-0.2, 0) is 5.41 Å². The molecule has 13 aromatic rings. The Morgan fingerprint density at radius 1 is 0.300 bits per heavy atom. The van der Waals surface area contributed by atoms with Gasteiger partial charge in [0, 0.05) is 44.0 Å². The lowest BCUT2D eigenvalue weighted by atomic mass is 9.68. The zero-order chi connectivity index (χ0) is 46.2. The lowest BCUT2D eigenvalue weighted by Crippen LogP contribution is -2.28. The Labute approximate surface area is 405 Å². The molecule has 14 rings (SSSR count). The van der Waals surface area contributed by atoms with Crippen LogP contribution in [0.2, 0.25) is 0 Å². The first kappa shape index (κ1) is 39.9. The van der Waals surface area contributed by atoms with Crippen LogP contribution >= 0.6 is 0 Å². The molecule has 0 fully saturated rings. The van der Waals surface area contributed by atoms with E-state index in [2.05, 4.69) is 241 Å². The molecule has 0 unspecified atom stereocenters. The first-order valence-electron chi connectivity index (χ1n) is 24.0. The van der Waals surface area contributed by atoms with E-state index >= 15 is 0 Å². The fraction of sp³-hybridized carbons (Fsp3) is 0.0149. The molecule has 0 atom stereocenters. The van der Waals surface area contributed by atoms with E-state index in [1.54, 1.807) is 0 Å². The summed E-state index contributed by atoms with van der Waals surface area (Å²) in [6.45, 7) is 0. The van der Waals surface area contributed by atoms with Gasteiger partial charge >= 0.3 is 0 Å². The highest BCUT2D eigenvalue weighted by Gasteiger charge is 2.47. The summed E-state index contributed by atoms with van der Waals surface area (Å²) in [5, 5.41) is 4.52. The maximum absolute atomic E-state index is 6.52. The summed E-state index contributed by atoms with van der Waals surface area (Å²) in [5.41, 5.74) is 20.6. The molecule has 11 aromatic carbocycles. The number of nitrogens with zero attached hydrogens (tertiary/aromatic N) is 1. The highest BCUT2D eigenvalue weighted by atomic mass is 16.3. The lowest BCUT2D eigenvalue weighted by molar-refractivity contribution is 0.669. The van der Waals surface area contributed by atoms with Gasteiger partial charge in [-0.25, -0.2) is 0 Å². The number of rotatable bonds is 8. The molecule has 0 bridgehead atoms. The molecule has 0 amide bonds. The van der Waals surface area contributed by atoms with E-state index in [1.165, 1.54) is 38.9 Å². The summed E-state index contributed by atoms with van der Waals surface area (Å²) in [5.74, 6) is 0. The van der Waals surface area contributed by atoms with Crippen LogP contribution in [0.1, 0.15) is 22.3 Å². The number of anilines is 3. The molecular formula is C67H43NO2. The second-order valence-electron chi connectivity index (χ2n) is 18.3. The van der Waals surface area contributed by atoms with E-state index in [1.807, 2.05) is 24.3 Å². The van der Waals surface area contributed by atoms with Crippen molar-refractivity contribution in [3.8, 4) is 44.5 Å². The fourth-order valence-corrected chi connectivity index (χ4v) is 11.4. The van der Waals surface area contributed by atoms with Crippen molar-refractivity contribution in [1.82, 2.24) is 0 Å². The van der Waals surface area contributed by atoms with Gasteiger partial charge in [0.15, 0.2) is 0 Å². The summed E-state index contributed by atoms with van der Waals surface area (Å²) >= 11 is 0. The van der Waals surface area contributed by atoms with E-state index in [0.29, 0.717) is 0 Å². The van der Waals surface area contributed by atoms with Gasteiger partial charge in [0.05, 0.1) is 11.1 Å². The molecule has 0 aliphatic heterocycles. The molecule has 3 nitrogen and oxygen atoms in total. The van der Waals surface area contributed by atoms with Crippen LogP contribution in [0.3, 0.4) is 0 Å². The van der Waals surface area contributed by atoms with Gasteiger partial charge in [0.1, 0.15) is 22.3 Å². The van der Waals surface area contributed by atoms with Gasteiger partial charge in [-0.05, 0) is 110 Å². The lowest BCUT2D eigenvalue weighted by Gasteiger charge is -2.34. The maximum atomic E-state index is 6.52. The summed E-state index contributed by atoms with van der Waals surface area (Å²) in [6, 6.07) is 94.4. The number of benzene rings is 11. The molecule has 0 saturated heterocycles. The normalized spacial score (nSPS) is 12.7. The molecule has 0 saturated carbocycles. The van der Waals surface area contributed by atoms with Gasteiger partial charge in [-0.2, -0.15) is 0 Å². The van der Waals surface area contributed by atoms with Crippen LogP contribution in [0.15, 0.2) is 270 Å². The van der Waals surface area contributed by atoms with E-state index < -0.39 is 5.41 Å². The standard InChI is InChI=1S/C67H43NO2/c1-3-15-49(16-4-1)67(50-17-5-2-6-18-50)59-24-10-7-21-57(59)65-60(67)25-14-26-61(65)68(52-40-35-47(36-41-52)53-22-13-23-56-54-19-8-12-28-63(54)70-66(53)56)51-38-33-45(34-39-51)44-29-31-46(32-30-44)48-37-42-64-58(43-48)55-20-9-11-27-62(55)69-64/h1-43H. The third kappa shape index (κ3) is 6.15. The fourth-order valence-electron chi connectivity index (χ4n) is 11.4. The first-order valence-corrected chi connectivity index (χ1v) is 24.0. The molecule has 2 aromatic heterocycles. The summed E-state index contributed by atoms with van der Waals surface area (Å²) < 4.78 is 12.6. The number of hydrogen-bond donors (Lipinski definition) is 0. The highest BCUT2D eigenvalue weighted by molar-refractivity contribution is 6.10. The Morgan fingerprint density at radius 3 is 1.46 bits per heavy atom. The van der Waals surface area contributed by atoms with Crippen LogP contribution in [0, 0.1) is 0 Å². The molecule has 0 spiro atoms. The highest BCUT2D eigenvalue weighted by Crippen LogP contribution is 2.59. The van der Waals surface area contributed by atoms with Gasteiger partial charge in [-0.3, -0.25) is 0 Å². The van der Waals surface area contributed by atoms with Crippen LogP contribution in [0.25, 0.3) is 88.4 Å². The summed E-state index contributed by atoms with van der Waals surface area (Å²) in [4.78, 5) is 2.44. The molecule has 328 valence electrons. The Bertz CT molecular complexity index is 4050. The topological polar surface area (TPSA) is 29.5 Å². The van der Waals surface area contributed by atoms with Crippen LogP contribution < -0.4 is 4.90 Å². The third-order valence-electron chi connectivity index (χ3n) is 14.6. The van der Waals surface area contributed by atoms with Crippen LogP contribution in [-0.4, -0.2) is 0 Å². The average molecular weight is 894 g/mol. The maximum Gasteiger partial charge on any atom is 0.143 e. The quantitative estimate of drug-likeness (QED) is 0.152. The Hall–Kier alpha value is -9.18. The number of fused-ring (bicyclic) bond motifs is 9. The second kappa shape index (κ2) is 16.0. The van der Waals surface area contributed by atoms with Gasteiger partial charge in [-0.1, -0.05) is 206 Å². The molecule has 0 N–H and O–H groups in total. The van der Waals surface area contributed by atoms with Crippen molar-refractivity contribution >= 4 is 60.9 Å². The van der Waals surface area contributed by atoms with E-state index in [-0.39, 0.29) is 0 Å².